The highest BCUT2D eigenvalue weighted by molar-refractivity contribution is 6.31. The number of nitrogens with one attached hydrogen (secondary N) is 1. The second kappa shape index (κ2) is 10.7. The van der Waals surface area contributed by atoms with Gasteiger partial charge in [0.2, 0.25) is 5.91 Å². The normalized spacial score (nSPS) is 10.5. The van der Waals surface area contributed by atoms with Crippen LogP contribution in [0.5, 0.6) is 0 Å². The van der Waals surface area contributed by atoms with E-state index in [4.69, 9.17) is 11.6 Å². The second-order valence-electron chi connectivity index (χ2n) is 6.51. The van der Waals surface area contributed by atoms with Crippen LogP contribution in [0.1, 0.15) is 49.0 Å². The molecule has 0 unspecified atom stereocenters. The summed E-state index contributed by atoms with van der Waals surface area (Å²) in [6, 6.07) is 14.6. The van der Waals surface area contributed by atoms with E-state index >= 15 is 0 Å². The molecule has 0 aliphatic carbocycles. The summed E-state index contributed by atoms with van der Waals surface area (Å²) in [5.41, 5.74) is 2.29. The van der Waals surface area contributed by atoms with Crippen molar-refractivity contribution in [2.24, 2.45) is 0 Å². The molecule has 0 saturated carbocycles. The van der Waals surface area contributed by atoms with Gasteiger partial charge in [-0.05, 0) is 55.2 Å². The van der Waals surface area contributed by atoms with Crippen LogP contribution in [-0.4, -0.2) is 29.8 Å². The minimum atomic E-state index is -0.0763. The first-order chi connectivity index (χ1) is 13.0. The molecule has 0 fully saturated rings. The van der Waals surface area contributed by atoms with E-state index in [-0.39, 0.29) is 11.8 Å². The van der Waals surface area contributed by atoms with Crippen LogP contribution in [0.25, 0.3) is 0 Å². The number of hydrogen-bond donors (Lipinski definition) is 1. The van der Waals surface area contributed by atoms with E-state index in [0.717, 1.165) is 31.5 Å². The molecule has 1 N–H and O–H groups in total. The number of hydrogen-bond acceptors (Lipinski definition) is 2. The third kappa shape index (κ3) is 6.40. The lowest BCUT2D eigenvalue weighted by molar-refractivity contribution is -0.116. The minimum Gasteiger partial charge on any atom is -0.339 e. The van der Waals surface area contributed by atoms with Crippen molar-refractivity contribution in [1.29, 1.82) is 0 Å². The van der Waals surface area contributed by atoms with Gasteiger partial charge in [-0.1, -0.05) is 43.6 Å². The van der Waals surface area contributed by atoms with Crippen LogP contribution < -0.4 is 5.32 Å². The molecule has 0 radical (unpaired) electrons. The molecule has 0 spiro atoms. The molecule has 5 heteroatoms. The highest BCUT2D eigenvalue weighted by atomic mass is 35.5. The topological polar surface area (TPSA) is 49.4 Å². The summed E-state index contributed by atoms with van der Waals surface area (Å²) in [6.07, 6.45) is 2.81. The number of nitrogens with zero attached hydrogens (tertiary/aromatic N) is 1. The van der Waals surface area contributed by atoms with Gasteiger partial charge in [-0.25, -0.2) is 0 Å². The molecule has 0 saturated heterocycles. The van der Waals surface area contributed by atoms with Crippen molar-refractivity contribution in [3.05, 3.63) is 64.7 Å². The summed E-state index contributed by atoms with van der Waals surface area (Å²) in [7, 11) is 0. The lowest BCUT2D eigenvalue weighted by atomic mass is 10.1. The third-order valence-electron chi connectivity index (χ3n) is 4.27. The second-order valence-corrected chi connectivity index (χ2v) is 6.92. The molecular formula is C22H27ClN2O2. The fourth-order valence-corrected chi connectivity index (χ4v) is 3.14. The van der Waals surface area contributed by atoms with Crippen LogP contribution in [0.4, 0.5) is 5.69 Å². The van der Waals surface area contributed by atoms with Crippen LogP contribution in [0, 0.1) is 0 Å². The van der Waals surface area contributed by atoms with Gasteiger partial charge >= 0.3 is 0 Å². The van der Waals surface area contributed by atoms with Gasteiger partial charge in [-0.15, -0.1) is 0 Å². The Morgan fingerprint density at radius 1 is 0.963 bits per heavy atom. The SMILES string of the molecule is CCCN(CCC)C(=O)c1ccc(NC(=O)CCc2ccccc2Cl)cc1. The maximum Gasteiger partial charge on any atom is 0.253 e. The molecule has 27 heavy (non-hydrogen) atoms. The van der Waals surface area contributed by atoms with Crippen LogP contribution in [0.3, 0.4) is 0 Å². The largest absolute Gasteiger partial charge is 0.339 e. The monoisotopic (exact) mass is 386 g/mol. The molecule has 2 aromatic rings. The third-order valence-corrected chi connectivity index (χ3v) is 4.64. The highest BCUT2D eigenvalue weighted by Crippen LogP contribution is 2.17. The Hall–Kier alpha value is -2.33. The van der Waals surface area contributed by atoms with E-state index in [1.54, 1.807) is 24.3 Å². The minimum absolute atomic E-state index is 0.0373. The van der Waals surface area contributed by atoms with Gasteiger partial charge in [-0.2, -0.15) is 0 Å². The molecule has 4 nitrogen and oxygen atoms in total. The van der Waals surface area contributed by atoms with Crippen molar-refractivity contribution in [2.75, 3.05) is 18.4 Å². The molecule has 144 valence electrons. The van der Waals surface area contributed by atoms with Crippen molar-refractivity contribution in [3.63, 3.8) is 0 Å². The van der Waals surface area contributed by atoms with Crippen molar-refractivity contribution in [1.82, 2.24) is 4.90 Å². The molecule has 2 rings (SSSR count). The van der Waals surface area contributed by atoms with Gasteiger partial charge in [0.05, 0.1) is 0 Å². The van der Waals surface area contributed by atoms with Crippen molar-refractivity contribution in [3.8, 4) is 0 Å². The van der Waals surface area contributed by atoms with Gasteiger partial charge in [0.1, 0.15) is 0 Å². The number of halogens is 1. The number of carbonyl (C=O) groups is 2. The predicted octanol–water partition coefficient (Wildman–Crippen LogP) is 5.17. The van der Waals surface area contributed by atoms with E-state index < -0.39 is 0 Å². The molecular weight excluding hydrogens is 360 g/mol. The lowest BCUT2D eigenvalue weighted by Crippen LogP contribution is -2.32. The van der Waals surface area contributed by atoms with Gasteiger partial charge in [-0.3, -0.25) is 9.59 Å². The Bertz CT molecular complexity index is 753. The average Bonchev–Trinajstić information content (AvgIpc) is 2.67. The van der Waals surface area contributed by atoms with E-state index in [1.165, 1.54) is 0 Å². The number of amides is 2. The summed E-state index contributed by atoms with van der Waals surface area (Å²) in [4.78, 5) is 26.6. The fourth-order valence-electron chi connectivity index (χ4n) is 2.91. The fraction of sp³-hybridized carbons (Fsp3) is 0.364. The highest BCUT2D eigenvalue weighted by Gasteiger charge is 2.14. The summed E-state index contributed by atoms with van der Waals surface area (Å²) in [5.74, 6) is -0.0390. The Morgan fingerprint density at radius 2 is 1.59 bits per heavy atom. The number of aryl methyl sites for hydroxylation is 1. The van der Waals surface area contributed by atoms with E-state index in [2.05, 4.69) is 19.2 Å². The van der Waals surface area contributed by atoms with Crippen LogP contribution in [0.2, 0.25) is 5.02 Å². The smallest absolute Gasteiger partial charge is 0.253 e. The number of anilines is 1. The Kier molecular flexibility index (Phi) is 8.34. The predicted molar refractivity (Wildman–Crippen MR) is 111 cm³/mol. The zero-order valence-corrected chi connectivity index (χ0v) is 16.8. The Labute approximate surface area is 166 Å². The molecule has 0 aromatic heterocycles. The van der Waals surface area contributed by atoms with E-state index in [9.17, 15) is 9.59 Å². The first-order valence-electron chi connectivity index (χ1n) is 9.47. The van der Waals surface area contributed by atoms with Crippen molar-refractivity contribution in [2.45, 2.75) is 39.5 Å². The van der Waals surface area contributed by atoms with Gasteiger partial charge in [0.15, 0.2) is 0 Å². The lowest BCUT2D eigenvalue weighted by Gasteiger charge is -2.21. The first kappa shape index (κ1) is 21.0. The van der Waals surface area contributed by atoms with Crippen LogP contribution in [-0.2, 0) is 11.2 Å². The van der Waals surface area contributed by atoms with Crippen LogP contribution in [0.15, 0.2) is 48.5 Å². The van der Waals surface area contributed by atoms with Crippen molar-refractivity contribution >= 4 is 29.1 Å². The summed E-state index contributed by atoms with van der Waals surface area (Å²) in [5, 5.41) is 3.55. The Balaban J connectivity index is 1.91. The van der Waals surface area contributed by atoms with Crippen LogP contribution >= 0.6 is 11.6 Å². The first-order valence-corrected chi connectivity index (χ1v) is 9.85. The van der Waals surface area contributed by atoms with Gasteiger partial charge in [0, 0.05) is 35.8 Å². The van der Waals surface area contributed by atoms with E-state index in [1.807, 2.05) is 29.2 Å². The zero-order chi connectivity index (χ0) is 19.6. The summed E-state index contributed by atoms with van der Waals surface area (Å²) >= 11 is 6.12. The standard InChI is InChI=1S/C22H27ClN2O2/c1-3-15-25(16-4-2)22(27)18-9-12-19(13-10-18)24-21(26)14-11-17-7-5-6-8-20(17)23/h5-10,12-13H,3-4,11,14-16H2,1-2H3,(H,24,26). The molecule has 0 aliphatic rings. The molecule has 2 aromatic carbocycles. The summed E-state index contributed by atoms with van der Waals surface area (Å²) in [6.45, 7) is 5.65. The Morgan fingerprint density at radius 3 is 2.19 bits per heavy atom. The molecule has 0 bridgehead atoms. The quantitative estimate of drug-likeness (QED) is 0.646. The van der Waals surface area contributed by atoms with Gasteiger partial charge in [0.25, 0.3) is 5.91 Å². The molecule has 0 heterocycles. The number of benzene rings is 2. The molecule has 0 atom stereocenters. The maximum atomic E-state index is 12.6. The average molecular weight is 387 g/mol. The summed E-state index contributed by atoms with van der Waals surface area (Å²) < 4.78 is 0. The van der Waals surface area contributed by atoms with Gasteiger partial charge < -0.3 is 10.2 Å². The maximum absolute atomic E-state index is 12.6. The zero-order valence-electron chi connectivity index (χ0n) is 16.0. The number of rotatable bonds is 9. The van der Waals surface area contributed by atoms with E-state index in [0.29, 0.717) is 29.1 Å². The molecule has 2 amide bonds. The van der Waals surface area contributed by atoms with Crippen molar-refractivity contribution < 1.29 is 9.59 Å². The number of carbonyl (C=O) groups excluding carboxylic acids is 2. The molecule has 0 aliphatic heterocycles.